The van der Waals surface area contributed by atoms with E-state index in [9.17, 15) is 13.6 Å². The van der Waals surface area contributed by atoms with Gasteiger partial charge in [0.25, 0.3) is 0 Å². The second kappa shape index (κ2) is 5.03. The van der Waals surface area contributed by atoms with Gasteiger partial charge in [0.05, 0.1) is 11.6 Å². The monoisotopic (exact) mass is 228 g/mol. The largest absolute Gasteiger partial charge is 0.327 e. The molecule has 1 amide bonds. The third-order valence-corrected chi connectivity index (χ3v) is 2.39. The van der Waals surface area contributed by atoms with E-state index in [1.54, 1.807) is 13.8 Å². The lowest BCUT2D eigenvalue weighted by Gasteiger charge is -2.15. The van der Waals surface area contributed by atoms with Crippen LogP contribution in [0, 0.1) is 17.6 Å². The van der Waals surface area contributed by atoms with E-state index in [1.165, 1.54) is 0 Å². The van der Waals surface area contributed by atoms with Gasteiger partial charge < -0.3 is 11.1 Å². The Morgan fingerprint density at radius 1 is 1.38 bits per heavy atom. The van der Waals surface area contributed by atoms with Crippen LogP contribution in [0.4, 0.5) is 14.5 Å². The molecule has 1 aromatic carbocycles. The van der Waals surface area contributed by atoms with Crippen molar-refractivity contribution in [1.29, 1.82) is 0 Å². The van der Waals surface area contributed by atoms with Gasteiger partial charge in [0.2, 0.25) is 5.91 Å². The molecule has 1 aromatic rings. The maximum absolute atomic E-state index is 13.2. The van der Waals surface area contributed by atoms with Crippen molar-refractivity contribution in [3.8, 4) is 0 Å². The summed E-state index contributed by atoms with van der Waals surface area (Å²) < 4.78 is 26.0. The van der Waals surface area contributed by atoms with Crippen LogP contribution in [0.15, 0.2) is 18.2 Å². The Bertz CT molecular complexity index is 394. The van der Waals surface area contributed by atoms with Crippen molar-refractivity contribution in [2.45, 2.75) is 19.9 Å². The van der Waals surface area contributed by atoms with Crippen molar-refractivity contribution >= 4 is 11.6 Å². The zero-order chi connectivity index (χ0) is 12.3. The van der Waals surface area contributed by atoms with Crippen LogP contribution in [-0.4, -0.2) is 11.9 Å². The molecule has 0 saturated heterocycles. The summed E-state index contributed by atoms with van der Waals surface area (Å²) in [6.07, 6.45) is 0. The van der Waals surface area contributed by atoms with Crippen molar-refractivity contribution in [2.24, 2.45) is 11.7 Å². The molecule has 0 bridgehead atoms. The van der Waals surface area contributed by atoms with Gasteiger partial charge in [0, 0.05) is 12.1 Å². The fourth-order valence-electron chi connectivity index (χ4n) is 1.08. The molecule has 0 aliphatic rings. The Morgan fingerprint density at radius 3 is 2.56 bits per heavy atom. The number of nitrogens with one attached hydrogen (secondary N) is 1. The fourth-order valence-corrected chi connectivity index (χ4v) is 1.08. The minimum Gasteiger partial charge on any atom is -0.327 e. The zero-order valence-electron chi connectivity index (χ0n) is 9.13. The Hall–Kier alpha value is -1.49. The number of rotatable bonds is 3. The Morgan fingerprint density at radius 2 is 2.00 bits per heavy atom. The first-order chi connectivity index (χ1) is 7.41. The number of benzene rings is 1. The lowest BCUT2D eigenvalue weighted by Crippen LogP contribution is -2.34. The molecular weight excluding hydrogens is 214 g/mol. The standard InChI is InChI=1S/C11H14F2N2O/c1-6(7(2)14)11(16)15-10-5-8(12)3-4-9(10)13/h3-7H,14H2,1-2H3,(H,15,16). The maximum atomic E-state index is 13.2. The van der Waals surface area contributed by atoms with E-state index >= 15 is 0 Å². The number of carbonyl (C=O) groups is 1. The molecule has 88 valence electrons. The van der Waals surface area contributed by atoms with Crippen LogP contribution in [-0.2, 0) is 4.79 Å². The van der Waals surface area contributed by atoms with E-state index in [0.717, 1.165) is 18.2 Å². The van der Waals surface area contributed by atoms with Crippen molar-refractivity contribution in [3.05, 3.63) is 29.8 Å². The molecule has 16 heavy (non-hydrogen) atoms. The third kappa shape index (κ3) is 3.00. The summed E-state index contributed by atoms with van der Waals surface area (Å²) in [7, 11) is 0. The molecule has 3 nitrogen and oxygen atoms in total. The highest BCUT2D eigenvalue weighted by molar-refractivity contribution is 5.92. The SMILES string of the molecule is CC(N)C(C)C(=O)Nc1cc(F)ccc1F. The zero-order valence-corrected chi connectivity index (χ0v) is 9.13. The number of hydrogen-bond donors (Lipinski definition) is 2. The predicted molar refractivity (Wildman–Crippen MR) is 57.8 cm³/mol. The molecular formula is C11H14F2N2O. The van der Waals surface area contributed by atoms with Crippen LogP contribution < -0.4 is 11.1 Å². The molecule has 0 heterocycles. The highest BCUT2D eigenvalue weighted by atomic mass is 19.1. The average Bonchev–Trinajstić information content (AvgIpc) is 2.22. The normalized spacial score (nSPS) is 14.3. The lowest BCUT2D eigenvalue weighted by atomic mass is 10.0. The van der Waals surface area contributed by atoms with Crippen molar-refractivity contribution < 1.29 is 13.6 Å². The number of amides is 1. The molecule has 0 aromatic heterocycles. The molecule has 0 aliphatic carbocycles. The van der Waals surface area contributed by atoms with Gasteiger partial charge >= 0.3 is 0 Å². The summed E-state index contributed by atoms with van der Waals surface area (Å²) in [6, 6.07) is 2.53. The van der Waals surface area contributed by atoms with E-state index < -0.39 is 23.5 Å². The van der Waals surface area contributed by atoms with Crippen LogP contribution >= 0.6 is 0 Å². The van der Waals surface area contributed by atoms with Crippen LogP contribution in [0.1, 0.15) is 13.8 Å². The average molecular weight is 228 g/mol. The molecule has 0 spiro atoms. The molecule has 2 atom stereocenters. The van der Waals surface area contributed by atoms with Gasteiger partial charge in [-0.1, -0.05) is 6.92 Å². The van der Waals surface area contributed by atoms with Crippen molar-refractivity contribution in [1.82, 2.24) is 0 Å². The molecule has 1 rings (SSSR count). The predicted octanol–water partition coefficient (Wildman–Crippen LogP) is 1.89. The lowest BCUT2D eigenvalue weighted by molar-refractivity contribution is -0.119. The second-order valence-electron chi connectivity index (χ2n) is 3.76. The maximum Gasteiger partial charge on any atom is 0.228 e. The van der Waals surface area contributed by atoms with Gasteiger partial charge in [-0.05, 0) is 19.1 Å². The summed E-state index contributed by atoms with van der Waals surface area (Å²) in [5.41, 5.74) is 5.36. The first-order valence-corrected chi connectivity index (χ1v) is 4.93. The quantitative estimate of drug-likeness (QED) is 0.830. The molecule has 2 unspecified atom stereocenters. The minimum atomic E-state index is -0.674. The fraction of sp³-hybridized carbons (Fsp3) is 0.364. The van der Waals surface area contributed by atoms with Gasteiger partial charge in [-0.15, -0.1) is 0 Å². The van der Waals surface area contributed by atoms with Crippen LogP contribution in [0.3, 0.4) is 0 Å². The van der Waals surface area contributed by atoms with E-state index in [1.807, 2.05) is 0 Å². The van der Waals surface area contributed by atoms with Crippen LogP contribution in [0.5, 0.6) is 0 Å². The number of carbonyl (C=O) groups excluding carboxylic acids is 1. The highest BCUT2D eigenvalue weighted by Gasteiger charge is 2.18. The van der Waals surface area contributed by atoms with Gasteiger partial charge in [-0.2, -0.15) is 0 Å². The van der Waals surface area contributed by atoms with Crippen LogP contribution in [0.25, 0.3) is 0 Å². The van der Waals surface area contributed by atoms with Crippen LogP contribution in [0.2, 0.25) is 0 Å². The Balaban J connectivity index is 2.80. The molecule has 0 radical (unpaired) electrons. The van der Waals surface area contributed by atoms with Crippen molar-refractivity contribution in [2.75, 3.05) is 5.32 Å². The summed E-state index contributed by atoms with van der Waals surface area (Å²) in [4.78, 5) is 11.5. The van der Waals surface area contributed by atoms with E-state index in [4.69, 9.17) is 5.73 Å². The summed E-state index contributed by atoms with van der Waals surface area (Å²) in [5.74, 6) is -2.18. The number of halogens is 2. The highest BCUT2D eigenvalue weighted by Crippen LogP contribution is 2.16. The number of nitrogens with two attached hydrogens (primary N) is 1. The molecule has 0 fully saturated rings. The number of hydrogen-bond acceptors (Lipinski definition) is 2. The molecule has 0 saturated carbocycles. The third-order valence-electron chi connectivity index (χ3n) is 2.39. The molecule has 3 N–H and O–H groups in total. The molecule has 0 aliphatic heterocycles. The first-order valence-electron chi connectivity index (χ1n) is 4.93. The second-order valence-corrected chi connectivity index (χ2v) is 3.76. The molecule has 5 heteroatoms. The van der Waals surface area contributed by atoms with Crippen molar-refractivity contribution in [3.63, 3.8) is 0 Å². The minimum absolute atomic E-state index is 0.169. The number of anilines is 1. The Kier molecular flexibility index (Phi) is 3.95. The van der Waals surface area contributed by atoms with Gasteiger partial charge in [-0.3, -0.25) is 4.79 Å². The van der Waals surface area contributed by atoms with Gasteiger partial charge in [0.1, 0.15) is 11.6 Å². The summed E-state index contributed by atoms with van der Waals surface area (Å²) in [6.45, 7) is 3.30. The van der Waals surface area contributed by atoms with E-state index in [-0.39, 0.29) is 11.7 Å². The Labute approximate surface area is 92.6 Å². The van der Waals surface area contributed by atoms with E-state index in [0.29, 0.717) is 0 Å². The summed E-state index contributed by atoms with van der Waals surface area (Å²) >= 11 is 0. The summed E-state index contributed by atoms with van der Waals surface area (Å²) in [5, 5.41) is 2.30. The van der Waals surface area contributed by atoms with Gasteiger partial charge in [0.15, 0.2) is 0 Å². The smallest absolute Gasteiger partial charge is 0.228 e. The topological polar surface area (TPSA) is 55.1 Å². The van der Waals surface area contributed by atoms with E-state index in [2.05, 4.69) is 5.32 Å². The first kappa shape index (κ1) is 12.6. The van der Waals surface area contributed by atoms with Gasteiger partial charge in [-0.25, -0.2) is 8.78 Å².